The van der Waals surface area contributed by atoms with E-state index < -0.39 is 5.97 Å². The maximum absolute atomic E-state index is 12.0. The molecule has 0 unspecified atom stereocenters. The number of thiophene rings is 1. The quantitative estimate of drug-likeness (QED) is 0.732. The van der Waals surface area contributed by atoms with Crippen molar-refractivity contribution in [3.05, 3.63) is 70.4 Å². The van der Waals surface area contributed by atoms with Gasteiger partial charge >= 0.3 is 5.97 Å². The lowest BCUT2D eigenvalue weighted by Crippen LogP contribution is -2.28. The minimum Gasteiger partial charge on any atom is -0.452 e. The van der Waals surface area contributed by atoms with E-state index in [0.29, 0.717) is 12.1 Å². The number of rotatable bonds is 5. The number of amides is 1. The van der Waals surface area contributed by atoms with Gasteiger partial charge in [-0.15, -0.1) is 11.3 Å². The summed E-state index contributed by atoms with van der Waals surface area (Å²) in [4.78, 5) is 24.8. The summed E-state index contributed by atoms with van der Waals surface area (Å²) in [6.45, 7) is 0.168. The zero-order valence-corrected chi connectivity index (χ0v) is 13.1. The van der Waals surface area contributed by atoms with E-state index in [1.807, 2.05) is 47.8 Å². The molecule has 0 bridgehead atoms. The van der Waals surface area contributed by atoms with Gasteiger partial charge in [0.25, 0.3) is 5.91 Å². The molecule has 0 fully saturated rings. The van der Waals surface area contributed by atoms with Crippen LogP contribution in [-0.2, 0) is 16.1 Å². The number of esters is 1. The van der Waals surface area contributed by atoms with Crippen molar-refractivity contribution >= 4 is 34.0 Å². The van der Waals surface area contributed by atoms with Crippen LogP contribution in [0.3, 0.4) is 0 Å². The van der Waals surface area contributed by atoms with Gasteiger partial charge in [0.05, 0.1) is 12.1 Å². The molecule has 4 nitrogen and oxygen atoms in total. The SMILES string of the molecule is O=C(COC(=O)c1ccc2ccccc2c1)NCc1cccs1. The molecular formula is C18H15NO3S. The van der Waals surface area contributed by atoms with E-state index in [-0.39, 0.29) is 12.5 Å². The average molecular weight is 325 g/mol. The van der Waals surface area contributed by atoms with Gasteiger partial charge in [0.15, 0.2) is 6.61 Å². The molecule has 0 saturated heterocycles. The Bertz CT molecular complexity index is 827. The van der Waals surface area contributed by atoms with E-state index >= 15 is 0 Å². The molecule has 0 aliphatic rings. The summed E-state index contributed by atoms with van der Waals surface area (Å²) >= 11 is 1.56. The summed E-state index contributed by atoms with van der Waals surface area (Å²) in [5.41, 5.74) is 0.440. The Hall–Kier alpha value is -2.66. The molecule has 0 saturated carbocycles. The lowest BCUT2D eigenvalue weighted by molar-refractivity contribution is -0.124. The van der Waals surface area contributed by atoms with Crippen LogP contribution in [0.1, 0.15) is 15.2 Å². The van der Waals surface area contributed by atoms with Crippen LogP contribution in [0.2, 0.25) is 0 Å². The maximum atomic E-state index is 12.0. The molecule has 0 aliphatic heterocycles. The van der Waals surface area contributed by atoms with Gasteiger partial charge < -0.3 is 10.1 Å². The molecule has 2 aromatic carbocycles. The van der Waals surface area contributed by atoms with Gasteiger partial charge in [0, 0.05) is 4.88 Å². The van der Waals surface area contributed by atoms with E-state index in [0.717, 1.165) is 15.6 Å². The molecule has 1 N–H and O–H groups in total. The smallest absolute Gasteiger partial charge is 0.338 e. The predicted molar refractivity (Wildman–Crippen MR) is 90.4 cm³/mol. The van der Waals surface area contributed by atoms with Gasteiger partial charge in [0.1, 0.15) is 0 Å². The van der Waals surface area contributed by atoms with Crippen LogP contribution < -0.4 is 5.32 Å². The fourth-order valence-corrected chi connectivity index (χ4v) is 2.83. The van der Waals surface area contributed by atoms with Crippen LogP contribution in [0.15, 0.2) is 60.0 Å². The normalized spacial score (nSPS) is 10.4. The summed E-state index contributed by atoms with van der Waals surface area (Å²) in [6.07, 6.45) is 0. The first-order valence-corrected chi connectivity index (χ1v) is 8.05. The number of carbonyl (C=O) groups excluding carboxylic acids is 2. The lowest BCUT2D eigenvalue weighted by atomic mass is 10.1. The van der Waals surface area contributed by atoms with Gasteiger partial charge in [-0.1, -0.05) is 36.4 Å². The van der Waals surface area contributed by atoms with Crippen LogP contribution in [0.4, 0.5) is 0 Å². The first-order valence-electron chi connectivity index (χ1n) is 7.17. The molecule has 116 valence electrons. The largest absolute Gasteiger partial charge is 0.452 e. The molecule has 23 heavy (non-hydrogen) atoms. The molecule has 3 aromatic rings. The Morgan fingerprint density at radius 2 is 1.83 bits per heavy atom. The second-order valence-electron chi connectivity index (χ2n) is 4.99. The third-order valence-corrected chi connectivity index (χ3v) is 4.24. The molecule has 1 heterocycles. The number of fused-ring (bicyclic) bond motifs is 1. The Kier molecular flexibility index (Phi) is 4.68. The minimum absolute atomic E-state index is 0.281. The number of hydrogen-bond acceptors (Lipinski definition) is 4. The molecule has 5 heteroatoms. The highest BCUT2D eigenvalue weighted by atomic mass is 32.1. The highest BCUT2D eigenvalue weighted by Crippen LogP contribution is 2.16. The van der Waals surface area contributed by atoms with E-state index in [1.165, 1.54) is 0 Å². The van der Waals surface area contributed by atoms with Crippen molar-refractivity contribution in [3.8, 4) is 0 Å². The average Bonchev–Trinajstić information content (AvgIpc) is 3.11. The molecule has 3 rings (SSSR count). The summed E-state index contributed by atoms with van der Waals surface area (Å²) in [5, 5.41) is 6.68. The zero-order chi connectivity index (χ0) is 16.1. The Morgan fingerprint density at radius 1 is 1.00 bits per heavy atom. The summed E-state index contributed by atoms with van der Waals surface area (Å²) in [5.74, 6) is -0.811. The van der Waals surface area contributed by atoms with Crippen LogP contribution in [0, 0.1) is 0 Å². The Morgan fingerprint density at radius 3 is 2.61 bits per heavy atom. The van der Waals surface area contributed by atoms with E-state index in [9.17, 15) is 9.59 Å². The number of ether oxygens (including phenoxy) is 1. The summed E-state index contributed by atoms with van der Waals surface area (Å²) in [7, 11) is 0. The monoisotopic (exact) mass is 325 g/mol. The molecular weight excluding hydrogens is 310 g/mol. The maximum Gasteiger partial charge on any atom is 0.338 e. The van der Waals surface area contributed by atoms with Crippen molar-refractivity contribution in [3.63, 3.8) is 0 Å². The molecule has 1 amide bonds. The highest BCUT2D eigenvalue weighted by molar-refractivity contribution is 7.09. The topological polar surface area (TPSA) is 55.4 Å². The van der Waals surface area contributed by atoms with Crippen molar-refractivity contribution in [2.45, 2.75) is 6.54 Å². The Labute approximate surface area is 137 Å². The molecule has 0 radical (unpaired) electrons. The lowest BCUT2D eigenvalue weighted by Gasteiger charge is -2.06. The van der Waals surface area contributed by atoms with Crippen LogP contribution >= 0.6 is 11.3 Å². The Balaban J connectivity index is 1.54. The fraction of sp³-hybridized carbons (Fsp3) is 0.111. The van der Waals surface area contributed by atoms with Crippen LogP contribution in [-0.4, -0.2) is 18.5 Å². The van der Waals surface area contributed by atoms with Crippen LogP contribution in [0.5, 0.6) is 0 Å². The summed E-state index contributed by atoms with van der Waals surface area (Å²) < 4.78 is 5.06. The van der Waals surface area contributed by atoms with Crippen LogP contribution in [0.25, 0.3) is 10.8 Å². The van der Waals surface area contributed by atoms with Crippen molar-refractivity contribution in [2.24, 2.45) is 0 Å². The van der Waals surface area contributed by atoms with Gasteiger partial charge in [-0.3, -0.25) is 4.79 Å². The van der Waals surface area contributed by atoms with Gasteiger partial charge in [-0.25, -0.2) is 4.79 Å². The van der Waals surface area contributed by atoms with Crippen molar-refractivity contribution in [1.82, 2.24) is 5.32 Å². The van der Waals surface area contributed by atoms with Crippen molar-refractivity contribution in [1.29, 1.82) is 0 Å². The van der Waals surface area contributed by atoms with Gasteiger partial charge in [0.2, 0.25) is 0 Å². The predicted octanol–water partition coefficient (Wildman–Crippen LogP) is 3.37. The van der Waals surface area contributed by atoms with Gasteiger partial charge in [-0.2, -0.15) is 0 Å². The second-order valence-corrected chi connectivity index (χ2v) is 6.03. The number of hydrogen-bond donors (Lipinski definition) is 1. The molecule has 0 atom stereocenters. The fourth-order valence-electron chi connectivity index (χ4n) is 2.18. The summed E-state index contributed by atoms with van der Waals surface area (Å²) in [6, 6.07) is 17.0. The third-order valence-electron chi connectivity index (χ3n) is 3.36. The number of carbonyl (C=O) groups is 2. The van der Waals surface area contributed by atoms with Crippen molar-refractivity contribution < 1.29 is 14.3 Å². The molecule has 0 spiro atoms. The minimum atomic E-state index is -0.498. The number of benzene rings is 2. The first-order chi connectivity index (χ1) is 11.2. The molecule has 1 aromatic heterocycles. The second kappa shape index (κ2) is 7.07. The van der Waals surface area contributed by atoms with Gasteiger partial charge in [-0.05, 0) is 34.4 Å². The van der Waals surface area contributed by atoms with E-state index in [4.69, 9.17) is 4.74 Å². The third kappa shape index (κ3) is 3.96. The van der Waals surface area contributed by atoms with Crippen molar-refractivity contribution in [2.75, 3.05) is 6.61 Å². The number of nitrogens with one attached hydrogen (secondary N) is 1. The first kappa shape index (κ1) is 15.2. The van der Waals surface area contributed by atoms with E-state index in [2.05, 4.69) is 5.32 Å². The van der Waals surface area contributed by atoms with E-state index in [1.54, 1.807) is 23.5 Å². The zero-order valence-electron chi connectivity index (χ0n) is 12.3. The molecule has 0 aliphatic carbocycles. The standard InChI is InChI=1S/C18H15NO3S/c20-17(19-11-16-6-3-9-23-16)12-22-18(21)15-8-7-13-4-1-2-5-14(13)10-15/h1-10H,11-12H2,(H,19,20). The highest BCUT2D eigenvalue weighted by Gasteiger charge is 2.10.